The molecule has 2 unspecified atom stereocenters. The van der Waals surface area contributed by atoms with Crippen LogP contribution in [0, 0.1) is 5.82 Å². The van der Waals surface area contributed by atoms with Gasteiger partial charge >= 0.3 is 0 Å². The molecule has 2 nitrogen and oxygen atoms in total. The fourth-order valence-electron chi connectivity index (χ4n) is 2.15. The van der Waals surface area contributed by atoms with Gasteiger partial charge in [0, 0.05) is 5.56 Å². The second-order valence-corrected chi connectivity index (χ2v) is 5.15. The third-order valence-electron chi connectivity index (χ3n) is 3.63. The number of hydrogen-bond acceptors (Lipinski definition) is 2. The van der Waals surface area contributed by atoms with Crippen LogP contribution >= 0.6 is 0 Å². The van der Waals surface area contributed by atoms with Crippen molar-refractivity contribution >= 4 is 0 Å². The molecule has 21 heavy (non-hydrogen) atoms. The Labute approximate surface area is 125 Å². The second-order valence-electron chi connectivity index (χ2n) is 5.15. The maximum Gasteiger partial charge on any atom is 0.128 e. The molecule has 2 atom stereocenters. The monoisotopic (exact) mass is 288 g/mol. The molecule has 0 aliphatic heterocycles. The van der Waals surface area contributed by atoms with Gasteiger partial charge < -0.3 is 9.84 Å². The Morgan fingerprint density at radius 2 is 1.76 bits per heavy atom. The minimum Gasteiger partial charge on any atom is -0.386 e. The molecule has 1 N–H and O–H groups in total. The van der Waals surface area contributed by atoms with Crippen molar-refractivity contribution < 1.29 is 14.2 Å². The summed E-state index contributed by atoms with van der Waals surface area (Å²) in [4.78, 5) is 0. The van der Waals surface area contributed by atoms with Crippen molar-refractivity contribution in [2.45, 2.75) is 39.1 Å². The lowest BCUT2D eigenvalue weighted by atomic mass is 10.0. The highest BCUT2D eigenvalue weighted by molar-refractivity contribution is 5.24. The molecule has 2 aromatic rings. The van der Waals surface area contributed by atoms with E-state index in [4.69, 9.17) is 4.74 Å². The second kappa shape index (κ2) is 7.34. The van der Waals surface area contributed by atoms with Gasteiger partial charge in [-0.25, -0.2) is 4.39 Å². The first-order valence-corrected chi connectivity index (χ1v) is 7.23. The summed E-state index contributed by atoms with van der Waals surface area (Å²) in [6.45, 7) is 4.03. The fourth-order valence-corrected chi connectivity index (χ4v) is 2.15. The molecule has 0 aliphatic rings. The van der Waals surface area contributed by atoms with E-state index in [1.807, 2.05) is 24.3 Å². The lowest BCUT2D eigenvalue weighted by Gasteiger charge is -2.20. The minimum atomic E-state index is -0.720. The van der Waals surface area contributed by atoms with Gasteiger partial charge in [0.1, 0.15) is 11.9 Å². The molecule has 0 spiro atoms. The normalized spacial score (nSPS) is 13.9. The van der Waals surface area contributed by atoms with Crippen LogP contribution in [0.15, 0.2) is 48.5 Å². The first-order chi connectivity index (χ1) is 10.1. The van der Waals surface area contributed by atoms with E-state index in [-0.39, 0.29) is 12.4 Å². The standard InChI is InChI=1S/C18H21FO2/c1-3-14-8-10-15(11-9-14)18(20)13(2)21-12-16-6-4-5-7-17(16)19/h4-11,13,18,20H,3,12H2,1-2H3. The maximum absolute atomic E-state index is 13.5. The fraction of sp³-hybridized carbons (Fsp3) is 0.333. The Morgan fingerprint density at radius 1 is 1.10 bits per heavy atom. The van der Waals surface area contributed by atoms with Gasteiger partial charge in [0.25, 0.3) is 0 Å². The summed E-state index contributed by atoms with van der Waals surface area (Å²) >= 11 is 0. The highest BCUT2D eigenvalue weighted by atomic mass is 19.1. The van der Waals surface area contributed by atoms with E-state index in [1.54, 1.807) is 25.1 Å². The molecule has 0 aromatic heterocycles. The highest BCUT2D eigenvalue weighted by Gasteiger charge is 2.17. The predicted molar refractivity (Wildman–Crippen MR) is 81.4 cm³/mol. The zero-order valence-electron chi connectivity index (χ0n) is 12.4. The molecule has 2 rings (SSSR count). The molecule has 0 aliphatic carbocycles. The summed E-state index contributed by atoms with van der Waals surface area (Å²) in [5, 5.41) is 10.3. The smallest absolute Gasteiger partial charge is 0.128 e. The van der Waals surface area contributed by atoms with Crippen LogP contribution in [0.4, 0.5) is 4.39 Å². The van der Waals surface area contributed by atoms with Crippen molar-refractivity contribution in [1.29, 1.82) is 0 Å². The van der Waals surface area contributed by atoms with Crippen molar-refractivity contribution in [3.8, 4) is 0 Å². The van der Waals surface area contributed by atoms with Crippen LogP contribution in [-0.4, -0.2) is 11.2 Å². The molecule has 0 heterocycles. The lowest BCUT2D eigenvalue weighted by Crippen LogP contribution is -2.19. The predicted octanol–water partition coefficient (Wildman–Crippen LogP) is 4.03. The number of halogens is 1. The van der Waals surface area contributed by atoms with E-state index in [9.17, 15) is 9.50 Å². The van der Waals surface area contributed by atoms with E-state index in [0.29, 0.717) is 5.56 Å². The SMILES string of the molecule is CCc1ccc(C(O)C(C)OCc2ccccc2F)cc1. The van der Waals surface area contributed by atoms with Crippen molar-refractivity contribution in [3.05, 3.63) is 71.0 Å². The Kier molecular flexibility index (Phi) is 5.48. The zero-order valence-corrected chi connectivity index (χ0v) is 12.4. The molecule has 0 fully saturated rings. The average molecular weight is 288 g/mol. The third-order valence-corrected chi connectivity index (χ3v) is 3.63. The van der Waals surface area contributed by atoms with Crippen molar-refractivity contribution in [1.82, 2.24) is 0 Å². The van der Waals surface area contributed by atoms with Crippen molar-refractivity contribution in [2.24, 2.45) is 0 Å². The van der Waals surface area contributed by atoms with Gasteiger partial charge in [-0.15, -0.1) is 0 Å². The van der Waals surface area contributed by atoms with Gasteiger partial charge in [-0.3, -0.25) is 0 Å². The molecule has 0 radical (unpaired) electrons. The summed E-state index contributed by atoms with van der Waals surface area (Å²) < 4.78 is 19.1. The van der Waals surface area contributed by atoms with Gasteiger partial charge in [-0.05, 0) is 30.5 Å². The lowest BCUT2D eigenvalue weighted by molar-refractivity contribution is -0.0372. The molecule has 0 bridgehead atoms. The Bertz CT molecular complexity index is 566. The van der Waals surface area contributed by atoms with Crippen LogP contribution in [0.2, 0.25) is 0 Å². The summed E-state index contributed by atoms with van der Waals surface area (Å²) in [5.41, 5.74) is 2.54. The number of aliphatic hydroxyl groups excluding tert-OH is 1. The molecule has 112 valence electrons. The average Bonchev–Trinajstić information content (AvgIpc) is 2.53. The van der Waals surface area contributed by atoms with Gasteiger partial charge in [0.05, 0.1) is 12.7 Å². The molecule has 0 saturated carbocycles. The van der Waals surface area contributed by atoms with Crippen LogP contribution in [-0.2, 0) is 17.8 Å². The summed E-state index contributed by atoms with van der Waals surface area (Å²) in [5.74, 6) is -0.286. The Morgan fingerprint density at radius 3 is 2.38 bits per heavy atom. The van der Waals surface area contributed by atoms with Crippen LogP contribution in [0.5, 0.6) is 0 Å². The molecular weight excluding hydrogens is 267 g/mol. The first-order valence-electron chi connectivity index (χ1n) is 7.23. The van der Waals surface area contributed by atoms with Crippen LogP contribution in [0.1, 0.15) is 36.6 Å². The van der Waals surface area contributed by atoms with Crippen molar-refractivity contribution in [2.75, 3.05) is 0 Å². The van der Waals surface area contributed by atoms with E-state index >= 15 is 0 Å². The molecular formula is C18H21FO2. The number of hydrogen-bond donors (Lipinski definition) is 1. The number of rotatable bonds is 6. The number of benzene rings is 2. The van der Waals surface area contributed by atoms with Crippen molar-refractivity contribution in [3.63, 3.8) is 0 Å². The summed E-state index contributed by atoms with van der Waals surface area (Å²) in [6, 6.07) is 14.3. The van der Waals surface area contributed by atoms with Crippen LogP contribution in [0.25, 0.3) is 0 Å². The van der Waals surface area contributed by atoms with Gasteiger partial charge in [-0.2, -0.15) is 0 Å². The van der Waals surface area contributed by atoms with Gasteiger partial charge in [0.2, 0.25) is 0 Å². The molecule has 0 amide bonds. The molecule has 3 heteroatoms. The van der Waals surface area contributed by atoms with E-state index in [0.717, 1.165) is 12.0 Å². The van der Waals surface area contributed by atoms with E-state index in [1.165, 1.54) is 11.6 Å². The Balaban J connectivity index is 1.95. The largest absolute Gasteiger partial charge is 0.386 e. The first kappa shape index (κ1) is 15.7. The minimum absolute atomic E-state index is 0.151. The topological polar surface area (TPSA) is 29.5 Å². The summed E-state index contributed by atoms with van der Waals surface area (Å²) in [6.07, 6.45) is -0.157. The molecule has 0 saturated heterocycles. The highest BCUT2D eigenvalue weighted by Crippen LogP contribution is 2.21. The quantitative estimate of drug-likeness (QED) is 0.869. The number of ether oxygens (including phenoxy) is 1. The zero-order chi connectivity index (χ0) is 15.2. The van der Waals surface area contributed by atoms with Gasteiger partial charge in [0.15, 0.2) is 0 Å². The molecule has 2 aromatic carbocycles. The Hall–Kier alpha value is -1.71. The van der Waals surface area contributed by atoms with E-state index in [2.05, 4.69) is 6.92 Å². The maximum atomic E-state index is 13.5. The summed E-state index contributed by atoms with van der Waals surface area (Å²) in [7, 11) is 0. The van der Waals surface area contributed by atoms with Crippen LogP contribution in [0.3, 0.4) is 0 Å². The number of aryl methyl sites for hydroxylation is 1. The van der Waals surface area contributed by atoms with E-state index < -0.39 is 12.2 Å². The number of aliphatic hydroxyl groups is 1. The van der Waals surface area contributed by atoms with Gasteiger partial charge in [-0.1, -0.05) is 49.4 Å². The van der Waals surface area contributed by atoms with Crippen LogP contribution < -0.4 is 0 Å². The third kappa shape index (κ3) is 4.13.